The van der Waals surface area contributed by atoms with Crippen LogP contribution in [0.2, 0.25) is 0 Å². The molecule has 2 fully saturated rings. The van der Waals surface area contributed by atoms with Crippen LogP contribution in [0.25, 0.3) is 0 Å². The van der Waals surface area contributed by atoms with Crippen LogP contribution in [0.4, 0.5) is 4.39 Å². The van der Waals surface area contributed by atoms with Gasteiger partial charge in [0, 0.05) is 19.6 Å². The van der Waals surface area contributed by atoms with E-state index < -0.39 is 5.97 Å². The normalized spacial score (nSPS) is 23.5. The lowest BCUT2D eigenvalue weighted by atomic mass is 9.91. The molecule has 1 atom stereocenters. The predicted octanol–water partition coefficient (Wildman–Crippen LogP) is 2.99. The van der Waals surface area contributed by atoms with E-state index in [4.69, 9.17) is 4.74 Å². The van der Waals surface area contributed by atoms with Crippen molar-refractivity contribution in [2.45, 2.75) is 32.4 Å². The molecule has 2 heterocycles. The zero-order chi connectivity index (χ0) is 19.0. The fourth-order valence-corrected chi connectivity index (χ4v) is 4.16. The molecular weight excluding hydrogens is 347 g/mol. The molecule has 1 unspecified atom stereocenters. The van der Waals surface area contributed by atoms with E-state index in [0.717, 1.165) is 42.9 Å². The van der Waals surface area contributed by atoms with Gasteiger partial charge in [-0.15, -0.1) is 0 Å². The summed E-state index contributed by atoms with van der Waals surface area (Å²) in [6, 6.07) is 6.40. The molecule has 2 aliphatic heterocycles. The van der Waals surface area contributed by atoms with Crippen LogP contribution in [0, 0.1) is 11.7 Å². The summed E-state index contributed by atoms with van der Waals surface area (Å²) in [5, 5.41) is 9.87. The highest BCUT2D eigenvalue weighted by Crippen LogP contribution is 2.44. The minimum atomic E-state index is -0.856. The van der Waals surface area contributed by atoms with Crippen molar-refractivity contribution in [2.24, 2.45) is 5.92 Å². The zero-order valence-corrected chi connectivity index (χ0v) is 15.5. The van der Waals surface area contributed by atoms with Gasteiger partial charge in [-0.25, -0.2) is 9.18 Å². The molecule has 0 aromatic heterocycles. The maximum atomic E-state index is 13.7. The van der Waals surface area contributed by atoms with E-state index in [-0.39, 0.29) is 11.9 Å². The first kappa shape index (κ1) is 18.0. The lowest BCUT2D eigenvalue weighted by molar-refractivity contribution is -0.133. The minimum absolute atomic E-state index is 0.173. The van der Waals surface area contributed by atoms with Crippen molar-refractivity contribution < 1.29 is 19.0 Å². The standard InChI is InChI=1S/C21H25FN2O3/c1-14-11-18(23-7-9-27-10-8-23)24(13-15-3-2-4-17(22)12-15)20(16-5-6-16)19(14)21(25)26/h2-4,11-12,16,20H,5-10,13H2,1H3,(H,25,26). The molecule has 1 N–H and O–H groups in total. The highest BCUT2D eigenvalue weighted by molar-refractivity contribution is 5.90. The molecule has 4 rings (SSSR count). The summed E-state index contributed by atoms with van der Waals surface area (Å²) in [6.07, 6.45) is 4.04. The monoisotopic (exact) mass is 372 g/mol. The third-order valence-electron chi connectivity index (χ3n) is 5.57. The van der Waals surface area contributed by atoms with E-state index in [9.17, 15) is 14.3 Å². The fourth-order valence-electron chi connectivity index (χ4n) is 4.16. The number of hydrogen-bond donors (Lipinski definition) is 1. The average molecular weight is 372 g/mol. The summed E-state index contributed by atoms with van der Waals surface area (Å²) in [6.45, 7) is 5.25. The van der Waals surface area contributed by atoms with Crippen molar-refractivity contribution in [3.05, 3.63) is 58.7 Å². The maximum absolute atomic E-state index is 13.7. The van der Waals surface area contributed by atoms with Crippen molar-refractivity contribution >= 4 is 5.97 Å². The van der Waals surface area contributed by atoms with Crippen molar-refractivity contribution in [3.63, 3.8) is 0 Å². The number of carbonyl (C=O) groups is 1. The summed E-state index contributed by atoms with van der Waals surface area (Å²) < 4.78 is 19.2. The highest BCUT2D eigenvalue weighted by atomic mass is 19.1. The number of rotatable bonds is 5. The first-order chi connectivity index (χ1) is 13.0. The van der Waals surface area contributed by atoms with Gasteiger partial charge in [-0.2, -0.15) is 0 Å². The Morgan fingerprint density at radius 1 is 1.30 bits per heavy atom. The Kier molecular flexibility index (Phi) is 4.91. The number of benzene rings is 1. The van der Waals surface area contributed by atoms with Gasteiger partial charge in [0.05, 0.1) is 24.8 Å². The van der Waals surface area contributed by atoms with Gasteiger partial charge in [0.2, 0.25) is 0 Å². The number of carboxylic acid groups (broad SMARTS) is 1. The molecule has 0 bridgehead atoms. The van der Waals surface area contributed by atoms with Crippen LogP contribution < -0.4 is 0 Å². The van der Waals surface area contributed by atoms with Gasteiger partial charge in [0.25, 0.3) is 0 Å². The van der Waals surface area contributed by atoms with Crippen LogP contribution in [-0.2, 0) is 16.1 Å². The second-order valence-electron chi connectivity index (χ2n) is 7.54. The largest absolute Gasteiger partial charge is 0.478 e. The second-order valence-corrected chi connectivity index (χ2v) is 7.54. The van der Waals surface area contributed by atoms with E-state index in [1.807, 2.05) is 19.1 Å². The zero-order valence-electron chi connectivity index (χ0n) is 15.5. The molecule has 1 saturated heterocycles. The third-order valence-corrected chi connectivity index (χ3v) is 5.57. The fraction of sp³-hybridized carbons (Fsp3) is 0.476. The van der Waals surface area contributed by atoms with E-state index in [1.54, 1.807) is 6.07 Å². The number of morpholine rings is 1. The molecule has 27 heavy (non-hydrogen) atoms. The molecule has 1 aromatic carbocycles. The quantitative estimate of drug-likeness (QED) is 0.861. The van der Waals surface area contributed by atoms with Crippen LogP contribution in [0.5, 0.6) is 0 Å². The minimum Gasteiger partial charge on any atom is -0.478 e. The van der Waals surface area contributed by atoms with E-state index in [0.29, 0.717) is 31.2 Å². The molecule has 1 aliphatic carbocycles. The van der Waals surface area contributed by atoms with Gasteiger partial charge >= 0.3 is 5.97 Å². The first-order valence-electron chi connectivity index (χ1n) is 9.54. The van der Waals surface area contributed by atoms with Gasteiger partial charge in [-0.3, -0.25) is 0 Å². The maximum Gasteiger partial charge on any atom is 0.333 e. The lowest BCUT2D eigenvalue weighted by Crippen LogP contribution is -2.49. The van der Waals surface area contributed by atoms with E-state index >= 15 is 0 Å². The summed E-state index contributed by atoms with van der Waals surface area (Å²) in [7, 11) is 0. The summed E-state index contributed by atoms with van der Waals surface area (Å²) >= 11 is 0. The summed E-state index contributed by atoms with van der Waals surface area (Å²) in [5.74, 6) is 0.242. The Balaban J connectivity index is 1.74. The van der Waals surface area contributed by atoms with E-state index in [2.05, 4.69) is 9.80 Å². The van der Waals surface area contributed by atoms with Crippen LogP contribution in [0.3, 0.4) is 0 Å². The van der Waals surface area contributed by atoms with Crippen molar-refractivity contribution in [2.75, 3.05) is 26.3 Å². The molecule has 0 radical (unpaired) electrons. The Bertz CT molecular complexity index is 794. The van der Waals surface area contributed by atoms with Gasteiger partial charge in [-0.05, 0) is 55.0 Å². The first-order valence-corrected chi connectivity index (χ1v) is 9.54. The predicted molar refractivity (Wildman–Crippen MR) is 99.3 cm³/mol. The van der Waals surface area contributed by atoms with Gasteiger partial charge in [0.15, 0.2) is 0 Å². The van der Waals surface area contributed by atoms with E-state index in [1.165, 1.54) is 12.1 Å². The van der Waals surface area contributed by atoms with Gasteiger partial charge in [-0.1, -0.05) is 12.1 Å². The van der Waals surface area contributed by atoms with Crippen molar-refractivity contribution in [1.29, 1.82) is 0 Å². The Morgan fingerprint density at radius 3 is 2.67 bits per heavy atom. The molecule has 3 aliphatic rings. The topological polar surface area (TPSA) is 53.0 Å². The molecule has 5 nitrogen and oxygen atoms in total. The van der Waals surface area contributed by atoms with Crippen molar-refractivity contribution in [3.8, 4) is 0 Å². The molecule has 144 valence electrons. The second kappa shape index (κ2) is 7.35. The highest BCUT2D eigenvalue weighted by Gasteiger charge is 2.44. The van der Waals surface area contributed by atoms with Crippen LogP contribution >= 0.6 is 0 Å². The molecule has 1 saturated carbocycles. The van der Waals surface area contributed by atoms with Gasteiger partial charge < -0.3 is 19.6 Å². The SMILES string of the molecule is CC1=C(C(=O)O)C(C2CC2)N(Cc2cccc(F)c2)C(N2CCOCC2)=C1. The molecule has 1 aromatic rings. The Labute approximate surface area is 158 Å². The Hall–Kier alpha value is -2.34. The van der Waals surface area contributed by atoms with Crippen LogP contribution in [-0.4, -0.2) is 53.2 Å². The number of aliphatic carboxylic acids is 1. The number of halogens is 1. The molecule has 0 spiro atoms. The van der Waals surface area contributed by atoms with Gasteiger partial charge in [0.1, 0.15) is 11.6 Å². The summed E-state index contributed by atoms with van der Waals surface area (Å²) in [4.78, 5) is 16.5. The van der Waals surface area contributed by atoms with Crippen LogP contribution in [0.15, 0.2) is 47.3 Å². The molecule has 6 heteroatoms. The number of hydrogen-bond acceptors (Lipinski definition) is 4. The summed E-state index contributed by atoms with van der Waals surface area (Å²) in [5.41, 5.74) is 2.14. The smallest absolute Gasteiger partial charge is 0.333 e. The number of nitrogens with zero attached hydrogens (tertiary/aromatic N) is 2. The average Bonchev–Trinajstić information content (AvgIpc) is 3.48. The lowest BCUT2D eigenvalue weighted by Gasteiger charge is -2.45. The molecule has 0 amide bonds. The number of carboxylic acids is 1. The number of ether oxygens (including phenoxy) is 1. The van der Waals surface area contributed by atoms with Crippen LogP contribution in [0.1, 0.15) is 25.3 Å². The molecular formula is C21H25FN2O3. The third kappa shape index (κ3) is 3.72. The van der Waals surface area contributed by atoms with Crippen molar-refractivity contribution in [1.82, 2.24) is 9.80 Å². The number of allylic oxidation sites excluding steroid dienone is 2. The Morgan fingerprint density at radius 2 is 2.04 bits per heavy atom.